The highest BCUT2D eigenvalue weighted by molar-refractivity contribution is 7.92. The van der Waals surface area contributed by atoms with Gasteiger partial charge < -0.3 is 15.2 Å². The molecule has 0 radical (unpaired) electrons. The maximum absolute atomic E-state index is 13.2. The number of nitrogens with zero attached hydrogens (tertiary/aromatic N) is 1. The van der Waals surface area contributed by atoms with Crippen LogP contribution in [-0.2, 0) is 16.4 Å². The minimum absolute atomic E-state index is 0. The first-order valence-corrected chi connectivity index (χ1v) is 11.3. The van der Waals surface area contributed by atoms with Crippen LogP contribution in [-0.4, -0.2) is 50.6 Å². The van der Waals surface area contributed by atoms with Crippen LogP contribution in [0.2, 0.25) is 0 Å². The summed E-state index contributed by atoms with van der Waals surface area (Å²) in [6.45, 7) is 1.08. The molecule has 0 fully saturated rings. The predicted molar refractivity (Wildman–Crippen MR) is 122 cm³/mol. The molecule has 1 atom stereocenters. The molecule has 168 valence electrons. The first kappa shape index (κ1) is 24.8. The summed E-state index contributed by atoms with van der Waals surface area (Å²) >= 11 is 0. The third-order valence-corrected chi connectivity index (χ3v) is 4.85. The molecule has 1 heterocycles. The van der Waals surface area contributed by atoms with Crippen LogP contribution >= 0.6 is 12.4 Å². The smallest absolute Gasteiger partial charge is 0.229 e. The highest BCUT2D eigenvalue weighted by Gasteiger charge is 2.07. The Hall–Kier alpha value is -2.46. The van der Waals surface area contributed by atoms with Gasteiger partial charge in [-0.15, -0.1) is 12.4 Å². The minimum atomic E-state index is -3.32. The van der Waals surface area contributed by atoms with E-state index in [9.17, 15) is 17.9 Å². The number of benzene rings is 2. The first-order valence-electron chi connectivity index (χ1n) is 9.43. The van der Waals surface area contributed by atoms with E-state index in [-0.39, 0.29) is 24.8 Å². The SMILES string of the molecule is CS(=O)(=O)Nc1ccc(OCC(O)CNCCc2ccc3cc(F)ccc3n2)cc1.Cl. The van der Waals surface area contributed by atoms with Crippen molar-refractivity contribution in [3.63, 3.8) is 0 Å². The van der Waals surface area contributed by atoms with E-state index < -0.39 is 16.1 Å². The molecule has 0 aliphatic rings. The van der Waals surface area contributed by atoms with E-state index in [1.54, 1.807) is 30.3 Å². The average molecular weight is 470 g/mol. The summed E-state index contributed by atoms with van der Waals surface area (Å²) in [6, 6.07) is 14.7. The molecule has 1 unspecified atom stereocenters. The average Bonchev–Trinajstić information content (AvgIpc) is 2.69. The van der Waals surface area contributed by atoms with Gasteiger partial charge in [0.2, 0.25) is 10.0 Å². The van der Waals surface area contributed by atoms with Crippen molar-refractivity contribution in [1.29, 1.82) is 0 Å². The van der Waals surface area contributed by atoms with Crippen LogP contribution in [0.5, 0.6) is 5.75 Å². The molecule has 3 N–H and O–H groups in total. The largest absolute Gasteiger partial charge is 0.491 e. The van der Waals surface area contributed by atoms with Crippen LogP contribution < -0.4 is 14.8 Å². The van der Waals surface area contributed by atoms with E-state index >= 15 is 0 Å². The standard InChI is InChI=1S/C21H24FN3O4S.ClH/c1-30(27,28)25-18-5-7-20(8-6-18)29-14-19(26)13-23-11-10-17-4-2-15-12-16(22)3-9-21(15)24-17;/h2-9,12,19,23,25-26H,10-11,13-14H2,1H3;1H. The van der Waals surface area contributed by atoms with Gasteiger partial charge in [0.25, 0.3) is 0 Å². The van der Waals surface area contributed by atoms with E-state index in [4.69, 9.17) is 4.74 Å². The van der Waals surface area contributed by atoms with Crippen LogP contribution in [0.1, 0.15) is 5.69 Å². The fourth-order valence-electron chi connectivity index (χ4n) is 2.85. The molecule has 31 heavy (non-hydrogen) atoms. The fraction of sp³-hybridized carbons (Fsp3) is 0.286. The molecule has 0 aliphatic heterocycles. The van der Waals surface area contributed by atoms with Crippen LogP contribution in [0.15, 0.2) is 54.6 Å². The lowest BCUT2D eigenvalue weighted by atomic mass is 10.2. The number of anilines is 1. The lowest BCUT2D eigenvalue weighted by molar-refractivity contribution is 0.106. The number of fused-ring (bicyclic) bond motifs is 1. The summed E-state index contributed by atoms with van der Waals surface area (Å²) < 4.78 is 43.5. The molecule has 2 aromatic carbocycles. The number of aliphatic hydroxyl groups excluding tert-OH is 1. The van der Waals surface area contributed by atoms with Crippen molar-refractivity contribution >= 4 is 39.0 Å². The first-order chi connectivity index (χ1) is 14.3. The van der Waals surface area contributed by atoms with Crippen LogP contribution in [0.4, 0.5) is 10.1 Å². The number of pyridine rings is 1. The van der Waals surface area contributed by atoms with Crippen molar-refractivity contribution in [3.05, 3.63) is 66.1 Å². The van der Waals surface area contributed by atoms with Crippen molar-refractivity contribution in [3.8, 4) is 5.75 Å². The van der Waals surface area contributed by atoms with Crippen molar-refractivity contribution in [2.24, 2.45) is 0 Å². The molecule has 0 aliphatic carbocycles. The van der Waals surface area contributed by atoms with Gasteiger partial charge in [-0.2, -0.15) is 0 Å². The third-order valence-electron chi connectivity index (χ3n) is 4.25. The number of aliphatic hydroxyl groups is 1. The van der Waals surface area contributed by atoms with Gasteiger partial charge in [0.1, 0.15) is 24.3 Å². The van der Waals surface area contributed by atoms with Crippen LogP contribution in [0, 0.1) is 5.82 Å². The zero-order valence-electron chi connectivity index (χ0n) is 16.9. The Bertz CT molecular complexity index is 1100. The normalized spacial score (nSPS) is 12.2. The number of halogens is 2. The molecular weight excluding hydrogens is 445 g/mol. The molecule has 0 saturated heterocycles. The molecule has 0 amide bonds. The van der Waals surface area contributed by atoms with Gasteiger partial charge in [0.15, 0.2) is 0 Å². The van der Waals surface area contributed by atoms with Gasteiger partial charge in [0.05, 0.1) is 11.8 Å². The molecule has 7 nitrogen and oxygen atoms in total. The number of rotatable bonds is 10. The summed E-state index contributed by atoms with van der Waals surface area (Å²) in [5, 5.41) is 14.0. The van der Waals surface area contributed by atoms with Gasteiger partial charge in [-0.25, -0.2) is 12.8 Å². The summed E-state index contributed by atoms with van der Waals surface area (Å²) in [5.74, 6) is 0.251. The molecule has 3 rings (SSSR count). The van der Waals surface area contributed by atoms with Crippen molar-refractivity contribution in [1.82, 2.24) is 10.3 Å². The van der Waals surface area contributed by atoms with E-state index in [0.29, 0.717) is 30.9 Å². The number of hydrogen-bond acceptors (Lipinski definition) is 6. The molecule has 0 spiro atoms. The van der Waals surface area contributed by atoms with Gasteiger partial charge in [-0.05, 0) is 48.5 Å². The molecular formula is C21H25ClFN3O4S. The Labute approximate surface area is 187 Å². The molecule has 1 aromatic heterocycles. The van der Waals surface area contributed by atoms with Crippen molar-refractivity contribution < 1.29 is 22.7 Å². The summed E-state index contributed by atoms with van der Waals surface area (Å²) in [6.07, 6.45) is 1.06. The van der Waals surface area contributed by atoms with Gasteiger partial charge >= 0.3 is 0 Å². The summed E-state index contributed by atoms with van der Waals surface area (Å²) in [5.41, 5.74) is 2.08. The van der Waals surface area contributed by atoms with E-state index in [1.165, 1.54) is 12.1 Å². The molecule has 0 bridgehead atoms. The zero-order valence-corrected chi connectivity index (χ0v) is 18.5. The number of hydrogen-bond donors (Lipinski definition) is 3. The highest BCUT2D eigenvalue weighted by atomic mass is 35.5. The Morgan fingerprint density at radius 3 is 2.58 bits per heavy atom. The number of nitrogens with one attached hydrogen (secondary N) is 2. The zero-order chi connectivity index (χ0) is 21.6. The monoisotopic (exact) mass is 469 g/mol. The lowest BCUT2D eigenvalue weighted by Gasteiger charge is -2.14. The third kappa shape index (κ3) is 8.29. The Kier molecular flexibility index (Phi) is 9.00. The Morgan fingerprint density at radius 2 is 1.87 bits per heavy atom. The van der Waals surface area contributed by atoms with Crippen LogP contribution in [0.25, 0.3) is 10.9 Å². The van der Waals surface area contributed by atoms with Gasteiger partial charge in [0, 0.05) is 36.3 Å². The second-order valence-electron chi connectivity index (χ2n) is 6.96. The van der Waals surface area contributed by atoms with Gasteiger partial charge in [-0.1, -0.05) is 6.07 Å². The van der Waals surface area contributed by atoms with E-state index in [2.05, 4.69) is 15.0 Å². The second-order valence-corrected chi connectivity index (χ2v) is 8.71. The summed E-state index contributed by atoms with van der Waals surface area (Å²) in [7, 11) is -3.32. The quantitative estimate of drug-likeness (QED) is 0.395. The fourth-order valence-corrected chi connectivity index (χ4v) is 3.41. The Balaban J connectivity index is 0.00000341. The lowest BCUT2D eigenvalue weighted by Crippen LogP contribution is -2.32. The number of ether oxygens (including phenoxy) is 1. The number of sulfonamides is 1. The van der Waals surface area contributed by atoms with Crippen molar-refractivity contribution in [2.75, 3.05) is 30.7 Å². The predicted octanol–water partition coefficient (Wildman–Crippen LogP) is 2.74. The van der Waals surface area contributed by atoms with E-state index in [0.717, 1.165) is 22.9 Å². The van der Waals surface area contributed by atoms with Crippen LogP contribution in [0.3, 0.4) is 0 Å². The maximum atomic E-state index is 13.2. The second kappa shape index (κ2) is 11.2. The van der Waals surface area contributed by atoms with Gasteiger partial charge in [-0.3, -0.25) is 9.71 Å². The minimum Gasteiger partial charge on any atom is -0.491 e. The summed E-state index contributed by atoms with van der Waals surface area (Å²) in [4.78, 5) is 4.50. The molecule has 10 heteroatoms. The maximum Gasteiger partial charge on any atom is 0.229 e. The Morgan fingerprint density at radius 1 is 1.13 bits per heavy atom. The van der Waals surface area contributed by atoms with Crippen molar-refractivity contribution in [2.45, 2.75) is 12.5 Å². The van der Waals surface area contributed by atoms with E-state index in [1.807, 2.05) is 12.1 Å². The topological polar surface area (TPSA) is 101 Å². The molecule has 0 saturated carbocycles. The molecule has 3 aromatic rings. The highest BCUT2D eigenvalue weighted by Crippen LogP contribution is 2.17. The number of aromatic nitrogens is 1.